The van der Waals surface area contributed by atoms with Crippen molar-refractivity contribution in [2.24, 2.45) is 0 Å². The number of nitrogens with one attached hydrogen (secondary N) is 2. The molecule has 3 aromatic rings. The Labute approximate surface area is 197 Å². The third-order valence-electron chi connectivity index (χ3n) is 6.17. The van der Waals surface area contributed by atoms with Gasteiger partial charge in [-0.25, -0.2) is 13.2 Å². The molecular formula is C27H28F3N3O. The van der Waals surface area contributed by atoms with Gasteiger partial charge in [-0.3, -0.25) is 9.69 Å². The van der Waals surface area contributed by atoms with Crippen LogP contribution in [0.4, 0.5) is 13.2 Å². The number of nitrogens with zero attached hydrogens (tertiary/aromatic N) is 1. The molecular weight excluding hydrogens is 439 g/mol. The van der Waals surface area contributed by atoms with Gasteiger partial charge in [-0.15, -0.1) is 0 Å². The average molecular weight is 468 g/mol. The topological polar surface area (TPSA) is 44.4 Å². The fraction of sp³-hybridized carbons (Fsp3) is 0.296. The first kappa shape index (κ1) is 24.0. The lowest BCUT2D eigenvalue weighted by Gasteiger charge is -2.23. The lowest BCUT2D eigenvalue weighted by Crippen LogP contribution is -2.43. The van der Waals surface area contributed by atoms with Gasteiger partial charge in [0.25, 0.3) is 0 Å². The number of halogens is 3. The van der Waals surface area contributed by atoms with E-state index in [2.05, 4.69) is 15.5 Å². The van der Waals surface area contributed by atoms with Gasteiger partial charge in [0.15, 0.2) is 0 Å². The summed E-state index contributed by atoms with van der Waals surface area (Å²) in [6, 6.07) is 19.4. The Balaban J connectivity index is 1.39. The summed E-state index contributed by atoms with van der Waals surface area (Å²) >= 11 is 0. The molecule has 0 unspecified atom stereocenters. The monoisotopic (exact) mass is 467 g/mol. The van der Waals surface area contributed by atoms with Crippen LogP contribution >= 0.6 is 0 Å². The maximum Gasteiger partial charge on any atom is 0.237 e. The smallest absolute Gasteiger partial charge is 0.237 e. The van der Waals surface area contributed by atoms with E-state index in [-0.39, 0.29) is 35.9 Å². The fourth-order valence-corrected chi connectivity index (χ4v) is 4.39. The van der Waals surface area contributed by atoms with Crippen molar-refractivity contribution in [3.63, 3.8) is 0 Å². The molecule has 4 nitrogen and oxygen atoms in total. The standard InChI is InChI=1S/C27H28F3N3O/c28-22-10-11-25(30)21(14-22)16-32-23-15-26(33(18-23)17-19-6-2-1-3-7-19)27(34)31-13-12-20-8-4-5-9-24(20)29/h1-11,14,23,26,32H,12-13,15-18H2,(H,31,34)/t23-,26-/m0/s1. The van der Waals surface area contributed by atoms with Crippen molar-refractivity contribution in [2.45, 2.75) is 38.0 Å². The van der Waals surface area contributed by atoms with Crippen LogP contribution in [-0.4, -0.2) is 36.0 Å². The van der Waals surface area contributed by atoms with Crippen LogP contribution in [0.1, 0.15) is 23.1 Å². The zero-order valence-corrected chi connectivity index (χ0v) is 18.8. The molecule has 1 heterocycles. The van der Waals surface area contributed by atoms with Crippen molar-refractivity contribution in [2.75, 3.05) is 13.1 Å². The molecule has 2 atom stereocenters. The third kappa shape index (κ3) is 6.24. The lowest BCUT2D eigenvalue weighted by molar-refractivity contribution is -0.125. The highest BCUT2D eigenvalue weighted by Gasteiger charge is 2.36. The van der Waals surface area contributed by atoms with E-state index in [4.69, 9.17) is 0 Å². The van der Waals surface area contributed by atoms with Crippen molar-refractivity contribution < 1.29 is 18.0 Å². The first-order valence-electron chi connectivity index (χ1n) is 11.5. The van der Waals surface area contributed by atoms with Crippen molar-refractivity contribution in [3.8, 4) is 0 Å². The number of rotatable bonds is 9. The summed E-state index contributed by atoms with van der Waals surface area (Å²) in [5.41, 5.74) is 1.91. The van der Waals surface area contributed by atoms with Gasteiger partial charge in [0.1, 0.15) is 17.5 Å². The van der Waals surface area contributed by atoms with E-state index in [1.807, 2.05) is 30.3 Å². The second kappa shape index (κ2) is 11.3. The lowest BCUT2D eigenvalue weighted by atomic mass is 10.1. The van der Waals surface area contributed by atoms with Crippen LogP contribution in [0, 0.1) is 17.5 Å². The predicted octanol–water partition coefficient (Wildman–Crippen LogP) is 4.20. The molecule has 2 N–H and O–H groups in total. The number of likely N-dealkylation sites (tertiary alicyclic amines) is 1. The number of carbonyl (C=O) groups excluding carboxylic acids is 1. The van der Waals surface area contributed by atoms with Gasteiger partial charge in [-0.1, -0.05) is 48.5 Å². The van der Waals surface area contributed by atoms with Crippen molar-refractivity contribution in [1.82, 2.24) is 15.5 Å². The third-order valence-corrected chi connectivity index (χ3v) is 6.17. The maximum atomic E-state index is 14.0. The highest BCUT2D eigenvalue weighted by atomic mass is 19.1. The van der Waals surface area contributed by atoms with Crippen molar-refractivity contribution in [1.29, 1.82) is 0 Å². The van der Waals surface area contributed by atoms with Crippen LogP contribution in [0.5, 0.6) is 0 Å². The van der Waals surface area contributed by atoms with E-state index < -0.39 is 11.6 Å². The normalized spacial score (nSPS) is 18.2. The molecule has 1 saturated heterocycles. The van der Waals surface area contributed by atoms with Gasteiger partial charge < -0.3 is 10.6 Å². The van der Waals surface area contributed by atoms with Gasteiger partial charge in [0.2, 0.25) is 5.91 Å². The van der Waals surface area contributed by atoms with Crippen LogP contribution in [0.15, 0.2) is 72.8 Å². The summed E-state index contributed by atoms with van der Waals surface area (Å²) in [5.74, 6) is -1.34. The SMILES string of the molecule is O=C(NCCc1ccccc1F)[C@@H]1C[C@H](NCc2cc(F)ccc2F)CN1Cc1ccccc1. The van der Waals surface area contributed by atoms with Crippen LogP contribution < -0.4 is 10.6 Å². The van der Waals surface area contributed by atoms with Crippen LogP contribution in [0.2, 0.25) is 0 Å². The number of carbonyl (C=O) groups is 1. The Kier molecular flexibility index (Phi) is 7.98. The Morgan fingerprint density at radius 2 is 1.65 bits per heavy atom. The molecule has 0 saturated carbocycles. The van der Waals surface area contributed by atoms with Gasteiger partial charge in [0, 0.05) is 37.8 Å². The molecule has 3 aromatic carbocycles. The number of hydrogen-bond acceptors (Lipinski definition) is 3. The Bertz CT molecular complexity index is 1110. The molecule has 0 bridgehead atoms. The Hall–Kier alpha value is -3.16. The maximum absolute atomic E-state index is 14.0. The summed E-state index contributed by atoms with van der Waals surface area (Å²) in [7, 11) is 0. The highest BCUT2D eigenvalue weighted by molar-refractivity contribution is 5.82. The van der Waals surface area contributed by atoms with Gasteiger partial charge in [0.05, 0.1) is 6.04 Å². The Morgan fingerprint density at radius 1 is 0.912 bits per heavy atom. The van der Waals surface area contributed by atoms with E-state index in [0.717, 1.165) is 17.7 Å². The summed E-state index contributed by atoms with van der Waals surface area (Å²) in [6.07, 6.45) is 0.944. The second-order valence-corrected chi connectivity index (χ2v) is 8.61. The average Bonchev–Trinajstić information content (AvgIpc) is 3.24. The number of hydrogen-bond donors (Lipinski definition) is 2. The largest absolute Gasteiger partial charge is 0.354 e. The summed E-state index contributed by atoms with van der Waals surface area (Å²) < 4.78 is 41.4. The van der Waals surface area contributed by atoms with E-state index in [9.17, 15) is 18.0 Å². The molecule has 178 valence electrons. The summed E-state index contributed by atoms with van der Waals surface area (Å²) in [6.45, 7) is 1.70. The zero-order valence-electron chi connectivity index (χ0n) is 18.8. The first-order chi connectivity index (χ1) is 16.5. The molecule has 1 fully saturated rings. The number of amides is 1. The summed E-state index contributed by atoms with van der Waals surface area (Å²) in [4.78, 5) is 15.1. The van der Waals surface area contributed by atoms with Crippen molar-refractivity contribution in [3.05, 3.63) is 107 Å². The van der Waals surface area contributed by atoms with E-state index >= 15 is 0 Å². The molecule has 0 radical (unpaired) electrons. The summed E-state index contributed by atoms with van der Waals surface area (Å²) in [5, 5.41) is 6.22. The molecule has 1 aliphatic rings. The van der Waals surface area contributed by atoms with E-state index in [1.54, 1.807) is 18.2 Å². The number of benzene rings is 3. The zero-order chi connectivity index (χ0) is 23.9. The molecule has 0 aliphatic carbocycles. The van der Waals surface area contributed by atoms with Crippen LogP contribution in [-0.2, 0) is 24.3 Å². The van der Waals surface area contributed by atoms with E-state index in [1.165, 1.54) is 12.1 Å². The minimum absolute atomic E-state index is 0.0614. The molecule has 1 amide bonds. The van der Waals surface area contributed by atoms with Crippen LogP contribution in [0.25, 0.3) is 0 Å². The Morgan fingerprint density at radius 3 is 2.44 bits per heavy atom. The molecule has 1 aliphatic heterocycles. The van der Waals surface area contributed by atoms with Crippen LogP contribution in [0.3, 0.4) is 0 Å². The minimum Gasteiger partial charge on any atom is -0.354 e. The quantitative estimate of drug-likeness (QED) is 0.496. The van der Waals surface area contributed by atoms with Gasteiger partial charge in [-0.2, -0.15) is 0 Å². The van der Waals surface area contributed by atoms with Gasteiger partial charge in [-0.05, 0) is 48.2 Å². The molecule has 4 rings (SSSR count). The molecule has 7 heteroatoms. The first-order valence-corrected chi connectivity index (χ1v) is 11.5. The van der Waals surface area contributed by atoms with Crippen molar-refractivity contribution >= 4 is 5.91 Å². The van der Waals surface area contributed by atoms with Gasteiger partial charge >= 0.3 is 0 Å². The predicted molar refractivity (Wildman–Crippen MR) is 125 cm³/mol. The highest BCUT2D eigenvalue weighted by Crippen LogP contribution is 2.22. The molecule has 0 aromatic heterocycles. The fourth-order valence-electron chi connectivity index (χ4n) is 4.39. The molecule has 34 heavy (non-hydrogen) atoms. The minimum atomic E-state index is -0.484. The van der Waals surface area contributed by atoms with E-state index in [0.29, 0.717) is 38.0 Å². The second-order valence-electron chi connectivity index (χ2n) is 8.61. The molecule has 0 spiro atoms.